The largest absolute Gasteiger partial charge is 0.495 e. The van der Waals surface area contributed by atoms with Gasteiger partial charge in [0, 0.05) is 42.3 Å². The molecule has 1 heterocycles. The second-order valence-corrected chi connectivity index (χ2v) is 8.92. The highest BCUT2D eigenvalue weighted by Gasteiger charge is 2.27. The summed E-state index contributed by atoms with van der Waals surface area (Å²) in [6.07, 6.45) is 1.36. The van der Waals surface area contributed by atoms with Crippen molar-refractivity contribution >= 4 is 23.1 Å². The Kier molecular flexibility index (Phi) is 8.25. The van der Waals surface area contributed by atoms with E-state index in [2.05, 4.69) is 4.90 Å². The number of piperidine rings is 1. The van der Waals surface area contributed by atoms with E-state index < -0.39 is 4.92 Å². The second-order valence-electron chi connectivity index (χ2n) is 8.92. The maximum absolute atomic E-state index is 13.5. The van der Waals surface area contributed by atoms with Crippen LogP contribution in [0.5, 0.6) is 5.75 Å². The summed E-state index contributed by atoms with van der Waals surface area (Å²) in [4.78, 5) is 40.6. The molecule has 1 aliphatic rings. The summed E-state index contributed by atoms with van der Waals surface area (Å²) in [7, 11) is 1.54. The van der Waals surface area contributed by atoms with Gasteiger partial charge >= 0.3 is 0 Å². The molecule has 1 amide bonds. The lowest BCUT2D eigenvalue weighted by Crippen LogP contribution is -2.43. The smallest absolute Gasteiger partial charge is 0.269 e. The molecule has 1 saturated heterocycles. The Bertz CT molecular complexity index is 1260. The normalized spacial score (nSPS) is 14.2. The molecule has 1 aliphatic heterocycles. The third-order valence-corrected chi connectivity index (χ3v) is 6.67. The van der Waals surface area contributed by atoms with Gasteiger partial charge in [0.15, 0.2) is 5.78 Å². The molecule has 0 N–H and O–H groups in total. The number of nitro benzene ring substituents is 1. The third-order valence-electron chi connectivity index (χ3n) is 6.67. The van der Waals surface area contributed by atoms with Crippen LogP contribution in [0.1, 0.15) is 33.6 Å². The first-order chi connectivity index (χ1) is 17.9. The van der Waals surface area contributed by atoms with E-state index in [1.807, 2.05) is 12.1 Å². The highest BCUT2D eigenvalue weighted by Crippen LogP contribution is 2.30. The number of Topliss-reactive ketones (excluding diaryl/α,β-unsaturated/α-hetero) is 1. The molecule has 0 radical (unpaired) electrons. The molecule has 0 aromatic heterocycles. The number of benzene rings is 3. The fourth-order valence-corrected chi connectivity index (χ4v) is 4.58. The van der Waals surface area contributed by atoms with Crippen LogP contribution < -0.4 is 9.64 Å². The Labute approximate surface area is 214 Å². The van der Waals surface area contributed by atoms with E-state index in [-0.39, 0.29) is 29.1 Å². The molecule has 3 aromatic carbocycles. The number of methoxy groups -OCH3 is 1. The molecule has 0 spiro atoms. The topological polar surface area (TPSA) is 93.0 Å². The molecule has 192 valence electrons. The van der Waals surface area contributed by atoms with Crippen molar-refractivity contribution in [1.29, 1.82) is 0 Å². The van der Waals surface area contributed by atoms with Crippen molar-refractivity contribution < 1.29 is 23.6 Å². The van der Waals surface area contributed by atoms with E-state index in [0.29, 0.717) is 61.6 Å². The van der Waals surface area contributed by atoms with Crippen molar-refractivity contribution in [3.05, 3.63) is 99.9 Å². The predicted molar refractivity (Wildman–Crippen MR) is 138 cm³/mol. The van der Waals surface area contributed by atoms with Crippen LogP contribution in [-0.2, 0) is 0 Å². The van der Waals surface area contributed by atoms with E-state index in [0.717, 1.165) is 0 Å². The Morgan fingerprint density at radius 3 is 2.24 bits per heavy atom. The zero-order valence-electron chi connectivity index (χ0n) is 20.5. The molecule has 0 unspecified atom stereocenters. The zero-order valence-corrected chi connectivity index (χ0v) is 20.5. The minimum atomic E-state index is -0.503. The van der Waals surface area contributed by atoms with Crippen molar-refractivity contribution in [2.45, 2.75) is 12.8 Å². The van der Waals surface area contributed by atoms with E-state index in [1.165, 1.54) is 55.6 Å². The number of para-hydroxylation sites is 2. The number of rotatable bonds is 9. The van der Waals surface area contributed by atoms with Crippen LogP contribution >= 0.6 is 0 Å². The molecule has 1 fully saturated rings. The van der Waals surface area contributed by atoms with Gasteiger partial charge in [0.05, 0.1) is 17.7 Å². The van der Waals surface area contributed by atoms with Crippen molar-refractivity contribution in [2.24, 2.45) is 5.92 Å². The molecule has 4 rings (SSSR count). The standard InChI is InChI=1S/C28H28FN3O5/c1-37-26-5-3-2-4-25(26)31(28(34)22-8-12-24(13-9-22)32(35)36)19-18-30-16-14-21(15-17-30)27(33)20-6-10-23(29)11-7-20/h2-13,21H,14-19H2,1H3. The van der Waals surface area contributed by atoms with Crippen LogP contribution in [0, 0.1) is 21.8 Å². The molecule has 9 heteroatoms. The van der Waals surface area contributed by atoms with Gasteiger partial charge in [-0.2, -0.15) is 0 Å². The van der Waals surface area contributed by atoms with Gasteiger partial charge in [0.1, 0.15) is 11.6 Å². The van der Waals surface area contributed by atoms with Gasteiger partial charge in [-0.05, 0) is 74.5 Å². The number of amides is 1. The van der Waals surface area contributed by atoms with Gasteiger partial charge in [0.2, 0.25) is 0 Å². The minimum Gasteiger partial charge on any atom is -0.495 e. The summed E-state index contributed by atoms with van der Waals surface area (Å²) in [6.45, 7) is 2.34. The number of nitro groups is 1. The van der Waals surface area contributed by atoms with Gasteiger partial charge in [-0.1, -0.05) is 12.1 Å². The number of carbonyl (C=O) groups is 2. The van der Waals surface area contributed by atoms with Crippen LogP contribution in [0.4, 0.5) is 15.8 Å². The Hall–Kier alpha value is -4.11. The van der Waals surface area contributed by atoms with Crippen molar-refractivity contribution in [3.63, 3.8) is 0 Å². The van der Waals surface area contributed by atoms with E-state index in [9.17, 15) is 24.1 Å². The van der Waals surface area contributed by atoms with Crippen molar-refractivity contribution in [2.75, 3.05) is 38.2 Å². The number of hydrogen-bond donors (Lipinski definition) is 0. The lowest BCUT2D eigenvalue weighted by molar-refractivity contribution is -0.384. The Morgan fingerprint density at radius 2 is 1.62 bits per heavy atom. The Morgan fingerprint density at radius 1 is 1.00 bits per heavy atom. The second kappa shape index (κ2) is 11.7. The molecular formula is C28H28FN3O5. The molecule has 0 atom stereocenters. The number of halogens is 1. The lowest BCUT2D eigenvalue weighted by atomic mass is 9.89. The number of ether oxygens (including phenoxy) is 1. The predicted octanol–water partition coefficient (Wildman–Crippen LogP) is 4.98. The minimum absolute atomic E-state index is 0.0312. The van der Waals surface area contributed by atoms with Gasteiger partial charge in [-0.15, -0.1) is 0 Å². The summed E-state index contributed by atoms with van der Waals surface area (Å²) in [5, 5.41) is 11.0. The fourth-order valence-electron chi connectivity index (χ4n) is 4.58. The SMILES string of the molecule is COc1ccccc1N(CCN1CCC(C(=O)c2ccc(F)cc2)CC1)C(=O)c1ccc([N+](=O)[O-])cc1. The molecular weight excluding hydrogens is 477 g/mol. The fraction of sp³-hybridized carbons (Fsp3) is 0.286. The molecule has 3 aromatic rings. The summed E-state index contributed by atoms with van der Waals surface area (Å²) in [6, 6.07) is 18.4. The summed E-state index contributed by atoms with van der Waals surface area (Å²) in [5.41, 5.74) is 1.38. The number of carbonyl (C=O) groups excluding carboxylic acids is 2. The van der Waals surface area contributed by atoms with E-state index in [1.54, 1.807) is 17.0 Å². The molecule has 8 nitrogen and oxygen atoms in total. The number of nitrogens with zero attached hydrogens (tertiary/aromatic N) is 3. The number of non-ortho nitro benzene ring substituents is 1. The zero-order chi connectivity index (χ0) is 26.4. The first-order valence-electron chi connectivity index (χ1n) is 12.1. The van der Waals surface area contributed by atoms with Gasteiger partial charge in [0.25, 0.3) is 11.6 Å². The van der Waals surface area contributed by atoms with E-state index >= 15 is 0 Å². The van der Waals surface area contributed by atoms with Crippen molar-refractivity contribution in [3.8, 4) is 5.75 Å². The molecule has 0 saturated carbocycles. The third kappa shape index (κ3) is 6.18. The summed E-state index contributed by atoms with van der Waals surface area (Å²) < 4.78 is 18.7. The van der Waals surface area contributed by atoms with Crippen molar-refractivity contribution in [1.82, 2.24) is 4.90 Å². The van der Waals surface area contributed by atoms with Crippen LogP contribution in [0.25, 0.3) is 0 Å². The van der Waals surface area contributed by atoms with Gasteiger partial charge in [-0.25, -0.2) is 4.39 Å². The van der Waals surface area contributed by atoms with Gasteiger partial charge < -0.3 is 14.5 Å². The average molecular weight is 506 g/mol. The van der Waals surface area contributed by atoms with Gasteiger partial charge in [-0.3, -0.25) is 19.7 Å². The van der Waals surface area contributed by atoms with Crippen LogP contribution in [0.15, 0.2) is 72.8 Å². The molecule has 0 aliphatic carbocycles. The maximum Gasteiger partial charge on any atom is 0.269 e. The highest BCUT2D eigenvalue weighted by molar-refractivity contribution is 6.07. The number of anilines is 1. The lowest BCUT2D eigenvalue weighted by Gasteiger charge is -2.33. The average Bonchev–Trinajstić information content (AvgIpc) is 2.93. The molecule has 37 heavy (non-hydrogen) atoms. The Balaban J connectivity index is 1.44. The number of likely N-dealkylation sites (tertiary alicyclic amines) is 1. The quantitative estimate of drug-likeness (QED) is 0.231. The highest BCUT2D eigenvalue weighted by atomic mass is 19.1. The first kappa shape index (κ1) is 26.0. The van der Waals surface area contributed by atoms with Crippen LogP contribution in [0.2, 0.25) is 0 Å². The maximum atomic E-state index is 13.5. The monoisotopic (exact) mass is 505 g/mol. The summed E-state index contributed by atoms with van der Waals surface area (Å²) in [5.74, 6) is -0.200. The number of hydrogen-bond acceptors (Lipinski definition) is 6. The molecule has 0 bridgehead atoms. The van der Waals surface area contributed by atoms with Crippen LogP contribution in [0.3, 0.4) is 0 Å². The number of ketones is 1. The first-order valence-corrected chi connectivity index (χ1v) is 12.1. The van der Waals surface area contributed by atoms with E-state index in [4.69, 9.17) is 4.74 Å². The van der Waals surface area contributed by atoms with Crippen LogP contribution in [-0.4, -0.2) is 54.8 Å². The summed E-state index contributed by atoms with van der Waals surface area (Å²) >= 11 is 0.